The maximum atomic E-state index is 6.12. The number of hydrogen-bond acceptors (Lipinski definition) is 2. The van der Waals surface area contributed by atoms with E-state index in [2.05, 4.69) is 48.5 Å². The molecule has 112 valence electrons. The molecular formula is C20H15O2S+. The van der Waals surface area contributed by atoms with Crippen molar-refractivity contribution in [2.24, 2.45) is 0 Å². The second kappa shape index (κ2) is 6.23. The van der Waals surface area contributed by atoms with Crippen molar-refractivity contribution in [1.82, 2.24) is 0 Å². The van der Waals surface area contributed by atoms with Gasteiger partial charge >= 0.3 is 5.09 Å². The van der Waals surface area contributed by atoms with Crippen LogP contribution in [0.5, 0.6) is 0 Å². The number of rotatable bonds is 4. The molecule has 2 aromatic heterocycles. The van der Waals surface area contributed by atoms with Crippen LogP contribution in [-0.2, 0) is 10.9 Å². The lowest BCUT2D eigenvalue weighted by molar-refractivity contribution is 0.462. The van der Waals surface area contributed by atoms with Crippen molar-refractivity contribution < 1.29 is 8.83 Å². The van der Waals surface area contributed by atoms with Crippen molar-refractivity contribution in [3.05, 3.63) is 91.2 Å². The van der Waals surface area contributed by atoms with Gasteiger partial charge in [0.1, 0.15) is 10.9 Å². The normalized spacial score (nSPS) is 11.0. The van der Waals surface area contributed by atoms with E-state index in [1.54, 1.807) is 6.26 Å². The van der Waals surface area contributed by atoms with Gasteiger partial charge in [0, 0.05) is 6.07 Å². The Hall–Kier alpha value is -2.65. The molecule has 0 unspecified atom stereocenters. The van der Waals surface area contributed by atoms with Gasteiger partial charge in [-0.2, -0.15) is 0 Å². The zero-order chi connectivity index (χ0) is 15.5. The van der Waals surface area contributed by atoms with Gasteiger partial charge in [-0.1, -0.05) is 36.4 Å². The second-order valence-corrected chi connectivity index (χ2v) is 6.99. The summed E-state index contributed by atoms with van der Waals surface area (Å²) in [5, 5.41) is 0.939. The molecule has 4 aromatic rings. The van der Waals surface area contributed by atoms with Gasteiger partial charge < -0.3 is 8.83 Å². The summed E-state index contributed by atoms with van der Waals surface area (Å²) in [6.45, 7) is 0. The average Bonchev–Trinajstić information content (AvgIpc) is 3.29. The highest BCUT2D eigenvalue weighted by molar-refractivity contribution is 7.96. The molecule has 0 bridgehead atoms. The van der Waals surface area contributed by atoms with Crippen LogP contribution in [0.4, 0.5) is 0 Å². The lowest BCUT2D eigenvalue weighted by Gasteiger charge is -2.04. The number of furan rings is 2. The van der Waals surface area contributed by atoms with Crippen molar-refractivity contribution in [3.63, 3.8) is 0 Å². The molecule has 0 N–H and O–H groups in total. The Morgan fingerprint density at radius 1 is 0.565 bits per heavy atom. The Morgan fingerprint density at radius 3 is 1.78 bits per heavy atom. The minimum Gasteiger partial charge on any atom is -0.461 e. The predicted octanol–water partition coefficient (Wildman–Crippen LogP) is 5.64. The molecule has 0 saturated carbocycles. The first-order valence-electron chi connectivity index (χ1n) is 7.40. The molecule has 0 aliphatic heterocycles. The molecule has 23 heavy (non-hydrogen) atoms. The molecule has 2 aromatic carbocycles. The molecule has 0 amide bonds. The van der Waals surface area contributed by atoms with Crippen molar-refractivity contribution in [1.29, 1.82) is 0 Å². The van der Waals surface area contributed by atoms with Crippen LogP contribution in [0.3, 0.4) is 0 Å². The molecule has 2 nitrogen and oxygen atoms in total. The van der Waals surface area contributed by atoms with Crippen LogP contribution in [0.2, 0.25) is 0 Å². The van der Waals surface area contributed by atoms with Crippen LogP contribution < -0.4 is 0 Å². The first-order chi connectivity index (χ1) is 11.4. The Labute approximate surface area is 137 Å². The van der Waals surface area contributed by atoms with Gasteiger partial charge in [-0.05, 0) is 42.5 Å². The fourth-order valence-electron chi connectivity index (χ4n) is 2.46. The molecule has 2 heterocycles. The van der Waals surface area contributed by atoms with E-state index < -0.39 is 0 Å². The molecule has 0 saturated heterocycles. The summed E-state index contributed by atoms with van der Waals surface area (Å²) in [6.07, 6.45) is 1.66. The smallest absolute Gasteiger partial charge is 0.325 e. The van der Waals surface area contributed by atoms with E-state index in [0.29, 0.717) is 0 Å². The SMILES string of the molecule is c1ccc([S+](c2ccccc2)c2ccc(-c3ccco3)o2)cc1. The van der Waals surface area contributed by atoms with E-state index in [4.69, 9.17) is 8.83 Å². The molecule has 0 spiro atoms. The molecular weight excluding hydrogens is 304 g/mol. The van der Waals surface area contributed by atoms with Gasteiger partial charge in [-0.25, -0.2) is 0 Å². The van der Waals surface area contributed by atoms with E-state index in [-0.39, 0.29) is 10.9 Å². The standard InChI is InChI=1S/C20H15O2S/c1-3-8-16(9-4-1)23(17-10-5-2-6-11-17)20-14-13-19(22-20)18-12-7-15-21-18/h1-15H/q+1. The Bertz CT molecular complexity index is 825. The summed E-state index contributed by atoms with van der Waals surface area (Å²) in [6, 6.07) is 28.7. The molecule has 3 heteroatoms. The van der Waals surface area contributed by atoms with Crippen LogP contribution in [0.1, 0.15) is 0 Å². The maximum absolute atomic E-state index is 6.12. The zero-order valence-electron chi connectivity index (χ0n) is 12.4. The monoisotopic (exact) mass is 319 g/mol. The molecule has 0 atom stereocenters. The van der Waals surface area contributed by atoms with Gasteiger partial charge in [-0.15, -0.1) is 0 Å². The highest BCUT2D eigenvalue weighted by Crippen LogP contribution is 2.34. The van der Waals surface area contributed by atoms with Crippen molar-refractivity contribution in [2.75, 3.05) is 0 Å². The molecule has 0 radical (unpaired) electrons. The maximum Gasteiger partial charge on any atom is 0.325 e. The highest BCUT2D eigenvalue weighted by Gasteiger charge is 2.32. The Morgan fingerprint density at radius 2 is 1.22 bits per heavy atom. The summed E-state index contributed by atoms with van der Waals surface area (Å²) in [4.78, 5) is 2.47. The molecule has 0 fully saturated rings. The third-order valence-electron chi connectivity index (χ3n) is 3.50. The van der Waals surface area contributed by atoms with E-state index in [0.717, 1.165) is 16.6 Å². The minimum absolute atomic E-state index is 0.264. The van der Waals surface area contributed by atoms with Crippen LogP contribution in [0.25, 0.3) is 11.5 Å². The Kier molecular flexibility index (Phi) is 3.78. The van der Waals surface area contributed by atoms with E-state index in [9.17, 15) is 0 Å². The zero-order valence-corrected chi connectivity index (χ0v) is 13.2. The topological polar surface area (TPSA) is 26.3 Å². The lowest BCUT2D eigenvalue weighted by atomic mass is 10.3. The van der Waals surface area contributed by atoms with Crippen molar-refractivity contribution in [3.8, 4) is 11.5 Å². The Balaban J connectivity index is 1.80. The van der Waals surface area contributed by atoms with Gasteiger partial charge in [-0.3, -0.25) is 0 Å². The van der Waals surface area contributed by atoms with Gasteiger partial charge in [0.2, 0.25) is 0 Å². The van der Waals surface area contributed by atoms with Crippen LogP contribution in [0, 0.1) is 0 Å². The summed E-state index contributed by atoms with van der Waals surface area (Å²) in [5.41, 5.74) is 0. The molecule has 0 aliphatic rings. The van der Waals surface area contributed by atoms with E-state index in [1.165, 1.54) is 9.79 Å². The summed E-state index contributed by atoms with van der Waals surface area (Å²) < 4.78 is 11.6. The van der Waals surface area contributed by atoms with Crippen molar-refractivity contribution >= 4 is 10.9 Å². The quantitative estimate of drug-likeness (QED) is 0.455. The average molecular weight is 319 g/mol. The number of benzene rings is 2. The third-order valence-corrected chi connectivity index (χ3v) is 5.61. The predicted molar refractivity (Wildman–Crippen MR) is 91.5 cm³/mol. The molecule has 4 rings (SSSR count). The van der Waals surface area contributed by atoms with E-state index in [1.807, 2.05) is 36.4 Å². The van der Waals surface area contributed by atoms with Gasteiger partial charge in [0.15, 0.2) is 21.3 Å². The van der Waals surface area contributed by atoms with Crippen LogP contribution >= 0.6 is 0 Å². The first-order valence-corrected chi connectivity index (χ1v) is 8.62. The number of hydrogen-bond donors (Lipinski definition) is 0. The summed E-state index contributed by atoms with van der Waals surface area (Å²) in [7, 11) is -0.264. The van der Waals surface area contributed by atoms with Crippen LogP contribution in [0.15, 0.2) is 115 Å². The summed E-state index contributed by atoms with van der Waals surface area (Å²) in [5.74, 6) is 1.51. The fourth-order valence-corrected chi connectivity index (χ4v) is 4.44. The van der Waals surface area contributed by atoms with Gasteiger partial charge in [0.05, 0.1) is 6.26 Å². The first kappa shape index (κ1) is 14.0. The van der Waals surface area contributed by atoms with Crippen LogP contribution in [-0.4, -0.2) is 0 Å². The lowest BCUT2D eigenvalue weighted by Crippen LogP contribution is -2.03. The van der Waals surface area contributed by atoms with Gasteiger partial charge in [0.25, 0.3) is 0 Å². The second-order valence-electron chi connectivity index (χ2n) is 5.03. The highest BCUT2D eigenvalue weighted by atomic mass is 32.2. The summed E-state index contributed by atoms with van der Waals surface area (Å²) >= 11 is 0. The molecule has 0 aliphatic carbocycles. The fraction of sp³-hybridized carbons (Fsp3) is 0. The third kappa shape index (κ3) is 2.83. The largest absolute Gasteiger partial charge is 0.461 e. The van der Waals surface area contributed by atoms with E-state index >= 15 is 0 Å². The minimum atomic E-state index is -0.264. The van der Waals surface area contributed by atoms with Crippen molar-refractivity contribution in [2.45, 2.75) is 14.9 Å².